The van der Waals surface area contributed by atoms with E-state index in [1.807, 2.05) is 18.7 Å². The van der Waals surface area contributed by atoms with Gasteiger partial charge in [-0.15, -0.1) is 0 Å². The van der Waals surface area contributed by atoms with Crippen molar-refractivity contribution in [3.05, 3.63) is 29.8 Å². The Balaban J connectivity index is 2.10. The zero-order valence-corrected chi connectivity index (χ0v) is 11.8. The number of anilines is 1. The summed E-state index contributed by atoms with van der Waals surface area (Å²) in [4.78, 5) is 25.1. The van der Waals surface area contributed by atoms with Crippen LogP contribution in [0.4, 0.5) is 10.5 Å². The Morgan fingerprint density at radius 3 is 2.50 bits per heavy atom. The number of benzene rings is 1. The molecule has 2 rings (SSSR count). The number of urea groups is 1. The highest BCUT2D eigenvalue weighted by molar-refractivity contribution is 5.93. The van der Waals surface area contributed by atoms with Crippen molar-refractivity contribution in [1.82, 2.24) is 4.90 Å². The Labute approximate surface area is 118 Å². The fourth-order valence-electron chi connectivity index (χ4n) is 2.74. The molecule has 0 saturated carbocycles. The number of aromatic carboxylic acids is 1. The molecule has 1 aromatic rings. The lowest BCUT2D eigenvalue weighted by Crippen LogP contribution is -2.49. The minimum Gasteiger partial charge on any atom is -0.478 e. The molecular weight excluding hydrogens is 256 g/mol. The number of likely N-dealkylation sites (tertiary alicyclic amines) is 1. The van der Waals surface area contributed by atoms with Gasteiger partial charge in [0.15, 0.2) is 0 Å². The third kappa shape index (κ3) is 3.10. The molecule has 5 nitrogen and oxygen atoms in total. The minimum atomic E-state index is -0.999. The fourth-order valence-corrected chi connectivity index (χ4v) is 2.74. The van der Waals surface area contributed by atoms with Crippen molar-refractivity contribution in [2.24, 2.45) is 0 Å². The molecule has 2 amide bonds. The highest BCUT2D eigenvalue weighted by Gasteiger charge is 2.28. The maximum atomic E-state index is 12.3. The summed E-state index contributed by atoms with van der Waals surface area (Å²) in [6.07, 6.45) is 3.15. The molecular formula is C15H20N2O3. The van der Waals surface area contributed by atoms with E-state index in [4.69, 9.17) is 5.11 Å². The summed E-state index contributed by atoms with van der Waals surface area (Å²) in [7, 11) is 0. The number of hydrogen-bond donors (Lipinski definition) is 2. The molecule has 0 spiro atoms. The molecule has 0 radical (unpaired) electrons. The summed E-state index contributed by atoms with van der Waals surface area (Å²) in [5, 5.41) is 11.7. The summed E-state index contributed by atoms with van der Waals surface area (Å²) in [5.41, 5.74) is 0.683. The van der Waals surface area contributed by atoms with Crippen LogP contribution in [-0.4, -0.2) is 34.1 Å². The van der Waals surface area contributed by atoms with Crippen LogP contribution in [-0.2, 0) is 0 Å². The van der Waals surface area contributed by atoms with Gasteiger partial charge >= 0.3 is 12.0 Å². The Morgan fingerprint density at radius 1 is 1.25 bits per heavy atom. The summed E-state index contributed by atoms with van der Waals surface area (Å²) >= 11 is 0. The number of hydrogen-bond acceptors (Lipinski definition) is 2. The monoisotopic (exact) mass is 276 g/mol. The van der Waals surface area contributed by atoms with Crippen molar-refractivity contribution in [3.8, 4) is 0 Å². The van der Waals surface area contributed by atoms with E-state index < -0.39 is 5.97 Å². The van der Waals surface area contributed by atoms with Crippen molar-refractivity contribution >= 4 is 17.7 Å². The van der Waals surface area contributed by atoms with Crippen molar-refractivity contribution < 1.29 is 14.7 Å². The molecule has 0 bridgehead atoms. The quantitative estimate of drug-likeness (QED) is 0.871. The van der Waals surface area contributed by atoms with Crippen LogP contribution in [0.25, 0.3) is 0 Å². The van der Waals surface area contributed by atoms with Crippen LogP contribution in [0.15, 0.2) is 24.3 Å². The maximum absolute atomic E-state index is 12.3. The third-order valence-corrected chi connectivity index (χ3v) is 3.79. The third-order valence-electron chi connectivity index (χ3n) is 3.79. The van der Waals surface area contributed by atoms with Crippen molar-refractivity contribution in [2.45, 2.75) is 45.2 Å². The first kappa shape index (κ1) is 14.4. The lowest BCUT2D eigenvalue weighted by Gasteiger charge is -2.38. The Bertz CT molecular complexity index is 506. The van der Waals surface area contributed by atoms with Gasteiger partial charge in [0.1, 0.15) is 0 Å². The topological polar surface area (TPSA) is 69.6 Å². The largest absolute Gasteiger partial charge is 0.478 e. The fraction of sp³-hybridized carbons (Fsp3) is 0.467. The molecule has 2 atom stereocenters. The van der Waals surface area contributed by atoms with E-state index in [1.54, 1.807) is 12.1 Å². The van der Waals surface area contributed by atoms with Gasteiger partial charge in [-0.2, -0.15) is 0 Å². The minimum absolute atomic E-state index is 0.160. The molecule has 108 valence electrons. The smallest absolute Gasteiger partial charge is 0.335 e. The summed E-state index contributed by atoms with van der Waals surface area (Å²) in [6.45, 7) is 4.09. The van der Waals surface area contributed by atoms with Crippen LogP contribution in [0.2, 0.25) is 0 Å². The van der Waals surface area contributed by atoms with E-state index in [-0.39, 0.29) is 23.7 Å². The molecule has 0 aliphatic carbocycles. The van der Waals surface area contributed by atoms with E-state index in [1.165, 1.54) is 12.1 Å². The number of piperidine rings is 1. The molecule has 0 aromatic heterocycles. The molecule has 2 N–H and O–H groups in total. The van der Waals surface area contributed by atoms with Crippen LogP contribution in [0, 0.1) is 0 Å². The molecule has 1 fully saturated rings. The second kappa shape index (κ2) is 5.94. The van der Waals surface area contributed by atoms with Crippen LogP contribution in [0.3, 0.4) is 0 Å². The van der Waals surface area contributed by atoms with E-state index in [2.05, 4.69) is 5.32 Å². The van der Waals surface area contributed by atoms with Gasteiger partial charge in [-0.1, -0.05) is 6.07 Å². The Hall–Kier alpha value is -2.04. The lowest BCUT2D eigenvalue weighted by molar-refractivity contribution is 0.0696. The average Bonchev–Trinajstić information content (AvgIpc) is 2.38. The first-order valence-electron chi connectivity index (χ1n) is 6.91. The SMILES string of the molecule is CC1CCCC(C)N1C(=O)Nc1cccc(C(=O)O)c1. The predicted octanol–water partition coefficient (Wildman–Crippen LogP) is 3.18. The average molecular weight is 276 g/mol. The number of amides is 2. The van der Waals surface area contributed by atoms with Gasteiger partial charge in [0.2, 0.25) is 0 Å². The molecule has 1 aliphatic rings. The van der Waals surface area contributed by atoms with Crippen LogP contribution in [0.1, 0.15) is 43.5 Å². The predicted molar refractivity (Wildman–Crippen MR) is 77.0 cm³/mol. The van der Waals surface area contributed by atoms with Gasteiger partial charge in [-0.05, 0) is 51.3 Å². The summed E-state index contributed by atoms with van der Waals surface area (Å²) in [5.74, 6) is -0.999. The van der Waals surface area contributed by atoms with Gasteiger partial charge in [0, 0.05) is 17.8 Å². The first-order chi connectivity index (χ1) is 9.49. The molecule has 1 heterocycles. The Kier molecular flexibility index (Phi) is 4.27. The number of nitrogens with one attached hydrogen (secondary N) is 1. The summed E-state index contributed by atoms with van der Waals surface area (Å²) < 4.78 is 0. The van der Waals surface area contributed by atoms with Gasteiger partial charge in [0.25, 0.3) is 0 Å². The normalized spacial score (nSPS) is 22.4. The van der Waals surface area contributed by atoms with E-state index in [9.17, 15) is 9.59 Å². The summed E-state index contributed by atoms with van der Waals surface area (Å²) in [6, 6.07) is 6.56. The maximum Gasteiger partial charge on any atom is 0.335 e. The van der Waals surface area contributed by atoms with Crippen molar-refractivity contribution in [1.29, 1.82) is 0 Å². The zero-order valence-electron chi connectivity index (χ0n) is 11.8. The van der Waals surface area contributed by atoms with E-state index in [0.717, 1.165) is 19.3 Å². The van der Waals surface area contributed by atoms with Crippen LogP contribution >= 0.6 is 0 Å². The van der Waals surface area contributed by atoms with Crippen LogP contribution in [0.5, 0.6) is 0 Å². The zero-order chi connectivity index (χ0) is 14.7. The standard InChI is InChI=1S/C15H20N2O3/c1-10-5-3-6-11(2)17(10)15(20)16-13-8-4-7-12(9-13)14(18)19/h4,7-11H,3,5-6H2,1-2H3,(H,16,20)(H,18,19). The molecule has 2 unspecified atom stereocenters. The van der Waals surface area contributed by atoms with Gasteiger partial charge < -0.3 is 15.3 Å². The van der Waals surface area contributed by atoms with Gasteiger partial charge in [-0.3, -0.25) is 0 Å². The number of carboxylic acids is 1. The molecule has 1 aliphatic heterocycles. The number of carboxylic acid groups (broad SMARTS) is 1. The number of carbonyl (C=O) groups is 2. The van der Waals surface area contributed by atoms with Crippen molar-refractivity contribution in [2.75, 3.05) is 5.32 Å². The molecule has 5 heteroatoms. The van der Waals surface area contributed by atoms with E-state index >= 15 is 0 Å². The van der Waals surface area contributed by atoms with Gasteiger partial charge in [0.05, 0.1) is 5.56 Å². The molecule has 1 saturated heterocycles. The second-order valence-electron chi connectivity index (χ2n) is 5.35. The Morgan fingerprint density at radius 2 is 1.90 bits per heavy atom. The first-order valence-corrected chi connectivity index (χ1v) is 6.91. The number of rotatable bonds is 2. The van der Waals surface area contributed by atoms with E-state index in [0.29, 0.717) is 5.69 Å². The number of nitrogens with zero attached hydrogens (tertiary/aromatic N) is 1. The molecule has 1 aromatic carbocycles. The highest BCUT2D eigenvalue weighted by atomic mass is 16.4. The second-order valence-corrected chi connectivity index (χ2v) is 5.35. The van der Waals surface area contributed by atoms with Gasteiger partial charge in [-0.25, -0.2) is 9.59 Å². The number of carbonyl (C=O) groups excluding carboxylic acids is 1. The van der Waals surface area contributed by atoms with Crippen molar-refractivity contribution in [3.63, 3.8) is 0 Å². The lowest BCUT2D eigenvalue weighted by atomic mass is 9.98. The highest BCUT2D eigenvalue weighted by Crippen LogP contribution is 2.23. The molecule has 20 heavy (non-hydrogen) atoms. The van der Waals surface area contributed by atoms with Crippen LogP contribution < -0.4 is 5.32 Å².